The molecule has 1 unspecified atom stereocenters. The van der Waals surface area contributed by atoms with Crippen LogP contribution in [0.5, 0.6) is 5.75 Å². The lowest BCUT2D eigenvalue weighted by Gasteiger charge is -2.22. The molecule has 0 saturated heterocycles. The third kappa shape index (κ3) is 3.75. The average molecular weight is 372 g/mol. The Hall–Kier alpha value is -2.73. The van der Waals surface area contributed by atoms with Gasteiger partial charge in [0.1, 0.15) is 11.3 Å². The molecule has 1 aromatic carbocycles. The van der Waals surface area contributed by atoms with Crippen LogP contribution in [0.3, 0.4) is 0 Å². The van der Waals surface area contributed by atoms with Crippen molar-refractivity contribution in [2.24, 2.45) is 5.92 Å². The number of nitrogens with zero attached hydrogens (tertiary/aromatic N) is 4. The van der Waals surface area contributed by atoms with Crippen LogP contribution < -0.4 is 15.9 Å². The maximum absolute atomic E-state index is 12.2. The number of nitrogen functional groups attached to an aromatic ring is 1. The highest BCUT2D eigenvalue weighted by atomic mass is 32.2. The summed E-state index contributed by atoms with van der Waals surface area (Å²) >= 11 is 1.18. The third-order valence-corrected chi connectivity index (χ3v) is 5.31. The van der Waals surface area contributed by atoms with Crippen LogP contribution >= 0.6 is 11.8 Å². The fraction of sp³-hybridized carbons (Fsp3) is 0.412. The lowest BCUT2D eigenvalue weighted by Crippen LogP contribution is -2.47. The summed E-state index contributed by atoms with van der Waals surface area (Å²) in [6.45, 7) is 1.76. The normalized spacial score (nSPS) is 15.7. The number of nitrogens with one attached hydrogen (secondary N) is 1. The monoisotopic (exact) mass is 372 g/mol. The van der Waals surface area contributed by atoms with Gasteiger partial charge in [-0.1, -0.05) is 11.8 Å². The molecule has 9 heteroatoms. The molecule has 8 nitrogen and oxygen atoms in total. The van der Waals surface area contributed by atoms with Crippen molar-refractivity contribution < 1.29 is 9.53 Å². The van der Waals surface area contributed by atoms with Crippen LogP contribution in [0, 0.1) is 17.2 Å². The molecule has 3 rings (SSSR count). The topological polar surface area (TPSA) is 119 Å². The van der Waals surface area contributed by atoms with Crippen molar-refractivity contribution in [2.75, 3.05) is 18.7 Å². The molecule has 1 heterocycles. The quantitative estimate of drug-likeness (QED) is 0.559. The molecule has 136 valence electrons. The van der Waals surface area contributed by atoms with Gasteiger partial charge in [-0.15, -0.1) is 10.2 Å². The number of rotatable bonds is 7. The Kier molecular flexibility index (Phi) is 5.04. The number of thioether (sulfide) groups is 1. The second-order valence-electron chi connectivity index (χ2n) is 6.33. The Bertz CT molecular complexity index is 840. The SMILES string of the molecule is COc1ccc(-c2nnc(SCC(=O)NC(C)(C#N)C3CC3)n2N)cc1. The minimum Gasteiger partial charge on any atom is -0.497 e. The van der Waals surface area contributed by atoms with E-state index in [-0.39, 0.29) is 17.6 Å². The van der Waals surface area contributed by atoms with Crippen molar-refractivity contribution in [3.05, 3.63) is 24.3 Å². The molecule has 1 aliphatic carbocycles. The maximum Gasteiger partial charge on any atom is 0.231 e. The third-order valence-electron chi connectivity index (χ3n) is 4.37. The summed E-state index contributed by atoms with van der Waals surface area (Å²) in [4.78, 5) is 12.2. The van der Waals surface area contributed by atoms with E-state index in [9.17, 15) is 10.1 Å². The van der Waals surface area contributed by atoms with Crippen molar-refractivity contribution in [3.63, 3.8) is 0 Å². The molecule has 1 aromatic heterocycles. The van der Waals surface area contributed by atoms with Crippen molar-refractivity contribution in [1.29, 1.82) is 5.26 Å². The fourth-order valence-electron chi connectivity index (χ4n) is 2.65. The number of aromatic nitrogens is 3. The summed E-state index contributed by atoms with van der Waals surface area (Å²) in [5, 5.41) is 20.7. The van der Waals surface area contributed by atoms with Crippen LogP contribution in [0.25, 0.3) is 11.4 Å². The molecular weight excluding hydrogens is 352 g/mol. The molecule has 1 aliphatic rings. The number of ether oxygens (including phenoxy) is 1. The first-order chi connectivity index (χ1) is 12.5. The second kappa shape index (κ2) is 7.25. The Morgan fingerprint density at radius 3 is 2.73 bits per heavy atom. The van der Waals surface area contributed by atoms with E-state index in [2.05, 4.69) is 21.6 Å². The van der Waals surface area contributed by atoms with Gasteiger partial charge in [-0.2, -0.15) is 5.26 Å². The molecule has 1 saturated carbocycles. The number of benzene rings is 1. The number of amides is 1. The summed E-state index contributed by atoms with van der Waals surface area (Å²) < 4.78 is 6.48. The zero-order valence-corrected chi connectivity index (χ0v) is 15.4. The van der Waals surface area contributed by atoms with E-state index in [1.54, 1.807) is 14.0 Å². The summed E-state index contributed by atoms with van der Waals surface area (Å²) in [6, 6.07) is 9.50. The van der Waals surface area contributed by atoms with E-state index >= 15 is 0 Å². The summed E-state index contributed by atoms with van der Waals surface area (Å²) in [5.41, 5.74) is -0.00894. The molecule has 0 spiro atoms. The van der Waals surface area contributed by atoms with Gasteiger partial charge >= 0.3 is 0 Å². The molecular formula is C17H20N6O2S. The molecule has 0 bridgehead atoms. The van der Waals surface area contributed by atoms with E-state index in [1.807, 2.05) is 24.3 Å². The van der Waals surface area contributed by atoms with Gasteiger partial charge in [0, 0.05) is 5.56 Å². The van der Waals surface area contributed by atoms with E-state index in [1.165, 1.54) is 16.4 Å². The van der Waals surface area contributed by atoms with E-state index in [0.29, 0.717) is 11.0 Å². The molecule has 2 aromatic rings. The van der Waals surface area contributed by atoms with Gasteiger partial charge in [0.25, 0.3) is 0 Å². The van der Waals surface area contributed by atoms with Gasteiger partial charge in [0.05, 0.1) is 18.9 Å². The molecule has 1 atom stereocenters. The van der Waals surface area contributed by atoms with Crippen LogP contribution in [0.4, 0.5) is 0 Å². The van der Waals surface area contributed by atoms with Gasteiger partial charge < -0.3 is 15.9 Å². The first-order valence-corrected chi connectivity index (χ1v) is 9.15. The standard InChI is InChI=1S/C17H20N6O2S/c1-17(10-18,12-5-6-12)20-14(24)9-26-16-22-21-15(23(16)19)11-3-7-13(25-2)8-4-11/h3-4,7-8,12H,5-6,9,19H2,1-2H3,(H,20,24). The smallest absolute Gasteiger partial charge is 0.231 e. The first kappa shape index (κ1) is 18.1. The minimum atomic E-state index is -0.803. The number of methoxy groups -OCH3 is 1. The zero-order valence-electron chi connectivity index (χ0n) is 14.6. The highest BCUT2D eigenvalue weighted by Crippen LogP contribution is 2.39. The lowest BCUT2D eigenvalue weighted by molar-refractivity contribution is -0.119. The van der Waals surface area contributed by atoms with Crippen molar-refractivity contribution in [1.82, 2.24) is 20.2 Å². The summed E-state index contributed by atoms with van der Waals surface area (Å²) in [6.07, 6.45) is 1.94. The fourth-order valence-corrected chi connectivity index (χ4v) is 3.31. The average Bonchev–Trinajstić information content (AvgIpc) is 3.45. The van der Waals surface area contributed by atoms with Crippen LogP contribution in [0.2, 0.25) is 0 Å². The molecule has 3 N–H and O–H groups in total. The van der Waals surface area contributed by atoms with E-state index < -0.39 is 5.54 Å². The van der Waals surface area contributed by atoms with Crippen LogP contribution in [-0.2, 0) is 4.79 Å². The maximum atomic E-state index is 12.2. The van der Waals surface area contributed by atoms with Gasteiger partial charge in [-0.3, -0.25) is 4.79 Å². The summed E-state index contributed by atoms with van der Waals surface area (Å²) in [5.74, 6) is 7.42. The summed E-state index contributed by atoms with van der Waals surface area (Å²) in [7, 11) is 1.60. The number of hydrogen-bond acceptors (Lipinski definition) is 7. The number of nitrogens with two attached hydrogens (primary N) is 1. The van der Waals surface area contributed by atoms with E-state index in [0.717, 1.165) is 24.2 Å². The van der Waals surface area contributed by atoms with Crippen molar-refractivity contribution in [3.8, 4) is 23.2 Å². The van der Waals surface area contributed by atoms with Gasteiger partial charge in [-0.05, 0) is 49.9 Å². The van der Waals surface area contributed by atoms with Crippen molar-refractivity contribution >= 4 is 17.7 Å². The zero-order chi connectivity index (χ0) is 18.7. The largest absolute Gasteiger partial charge is 0.497 e. The number of carbonyl (C=O) groups excluding carboxylic acids is 1. The highest BCUT2D eigenvalue weighted by Gasteiger charge is 2.42. The number of hydrogen-bond donors (Lipinski definition) is 2. The van der Waals surface area contributed by atoms with E-state index in [4.69, 9.17) is 10.6 Å². The Labute approximate surface area is 155 Å². The van der Waals surface area contributed by atoms with Crippen LogP contribution in [-0.4, -0.2) is 39.2 Å². The predicted molar refractivity (Wildman–Crippen MR) is 97.8 cm³/mol. The van der Waals surface area contributed by atoms with Crippen LogP contribution in [0.15, 0.2) is 29.4 Å². The Morgan fingerprint density at radius 2 is 2.15 bits per heavy atom. The first-order valence-electron chi connectivity index (χ1n) is 8.17. The lowest BCUT2D eigenvalue weighted by atomic mass is 9.98. The Balaban J connectivity index is 1.63. The molecule has 26 heavy (non-hydrogen) atoms. The molecule has 0 aliphatic heterocycles. The molecule has 0 radical (unpaired) electrons. The van der Waals surface area contributed by atoms with Gasteiger partial charge in [-0.25, -0.2) is 4.68 Å². The van der Waals surface area contributed by atoms with Gasteiger partial charge in [0.2, 0.25) is 11.1 Å². The highest BCUT2D eigenvalue weighted by molar-refractivity contribution is 7.99. The Morgan fingerprint density at radius 1 is 1.46 bits per heavy atom. The van der Waals surface area contributed by atoms with Crippen LogP contribution in [0.1, 0.15) is 19.8 Å². The minimum absolute atomic E-state index is 0.113. The second-order valence-corrected chi connectivity index (χ2v) is 7.27. The number of nitriles is 1. The molecule has 1 amide bonds. The molecule has 1 fully saturated rings. The van der Waals surface area contributed by atoms with Crippen molar-refractivity contribution in [2.45, 2.75) is 30.5 Å². The number of carbonyl (C=O) groups is 1. The van der Waals surface area contributed by atoms with Gasteiger partial charge in [0.15, 0.2) is 5.82 Å². The predicted octanol–water partition coefficient (Wildman–Crippen LogP) is 1.57.